The molecule has 0 aliphatic rings. The zero-order chi connectivity index (χ0) is 14.2. The Morgan fingerprint density at radius 2 is 1.90 bits per heavy atom. The van der Waals surface area contributed by atoms with Crippen molar-refractivity contribution >= 4 is 6.29 Å². The summed E-state index contributed by atoms with van der Waals surface area (Å²) in [6.45, 7) is 4.36. The molecule has 2 aromatic carbocycles. The molecule has 2 aromatic rings. The SMILES string of the molecule is C=CCc1cc(C=O)ccc1OCCc1ccccc1. The minimum atomic E-state index is 0.620. The van der Waals surface area contributed by atoms with Crippen LogP contribution < -0.4 is 4.74 Å². The molecule has 0 spiro atoms. The van der Waals surface area contributed by atoms with Gasteiger partial charge in [-0.25, -0.2) is 0 Å². The van der Waals surface area contributed by atoms with Crippen LogP contribution in [0.2, 0.25) is 0 Å². The summed E-state index contributed by atoms with van der Waals surface area (Å²) in [6, 6.07) is 15.7. The number of benzene rings is 2. The molecule has 0 fully saturated rings. The van der Waals surface area contributed by atoms with E-state index in [2.05, 4.69) is 18.7 Å². The number of carbonyl (C=O) groups is 1. The summed E-state index contributed by atoms with van der Waals surface area (Å²) in [5.74, 6) is 0.825. The first-order valence-corrected chi connectivity index (χ1v) is 6.69. The Morgan fingerprint density at radius 3 is 2.60 bits per heavy atom. The van der Waals surface area contributed by atoms with E-state index in [9.17, 15) is 4.79 Å². The van der Waals surface area contributed by atoms with Crippen molar-refractivity contribution in [3.8, 4) is 5.75 Å². The highest BCUT2D eigenvalue weighted by Crippen LogP contribution is 2.21. The van der Waals surface area contributed by atoms with Crippen LogP contribution in [0.15, 0.2) is 61.2 Å². The van der Waals surface area contributed by atoms with Crippen LogP contribution in [-0.2, 0) is 12.8 Å². The van der Waals surface area contributed by atoms with Crippen molar-refractivity contribution in [3.05, 3.63) is 77.9 Å². The van der Waals surface area contributed by atoms with Gasteiger partial charge in [0.2, 0.25) is 0 Å². The van der Waals surface area contributed by atoms with Crippen LogP contribution in [0.5, 0.6) is 5.75 Å². The van der Waals surface area contributed by atoms with Crippen LogP contribution in [0.1, 0.15) is 21.5 Å². The first kappa shape index (κ1) is 14.1. The number of hydrogen-bond donors (Lipinski definition) is 0. The topological polar surface area (TPSA) is 26.3 Å². The summed E-state index contributed by atoms with van der Waals surface area (Å²) in [7, 11) is 0. The van der Waals surface area contributed by atoms with Gasteiger partial charge in [0, 0.05) is 12.0 Å². The molecule has 2 heteroatoms. The van der Waals surface area contributed by atoms with Crippen LogP contribution in [0.25, 0.3) is 0 Å². The fourth-order valence-electron chi connectivity index (χ4n) is 2.05. The van der Waals surface area contributed by atoms with E-state index in [0.717, 1.165) is 24.0 Å². The molecule has 0 unspecified atom stereocenters. The Bertz CT molecular complexity index is 573. The lowest BCUT2D eigenvalue weighted by atomic mass is 10.1. The van der Waals surface area contributed by atoms with Gasteiger partial charge >= 0.3 is 0 Å². The van der Waals surface area contributed by atoms with E-state index >= 15 is 0 Å². The quantitative estimate of drug-likeness (QED) is 0.562. The highest BCUT2D eigenvalue weighted by Gasteiger charge is 2.04. The summed E-state index contributed by atoms with van der Waals surface area (Å²) in [5.41, 5.74) is 2.91. The molecule has 0 saturated heterocycles. The maximum absolute atomic E-state index is 10.8. The van der Waals surface area contributed by atoms with Crippen molar-refractivity contribution in [1.82, 2.24) is 0 Å². The molecule has 0 aliphatic heterocycles. The molecule has 0 atom stereocenters. The van der Waals surface area contributed by atoms with Gasteiger partial charge in [0.05, 0.1) is 6.61 Å². The monoisotopic (exact) mass is 266 g/mol. The van der Waals surface area contributed by atoms with Crippen LogP contribution in [-0.4, -0.2) is 12.9 Å². The molecule has 102 valence electrons. The van der Waals surface area contributed by atoms with Crippen molar-refractivity contribution in [2.24, 2.45) is 0 Å². The number of rotatable bonds is 7. The summed E-state index contributed by atoms with van der Waals surface area (Å²) >= 11 is 0. The minimum absolute atomic E-state index is 0.620. The van der Waals surface area contributed by atoms with Crippen molar-refractivity contribution in [2.45, 2.75) is 12.8 Å². The van der Waals surface area contributed by atoms with Gasteiger partial charge in [-0.05, 0) is 35.7 Å². The Labute approximate surface area is 119 Å². The third-order valence-corrected chi connectivity index (χ3v) is 3.08. The van der Waals surface area contributed by atoms with E-state index in [-0.39, 0.29) is 0 Å². The largest absolute Gasteiger partial charge is 0.493 e. The molecule has 0 amide bonds. The number of hydrogen-bond acceptors (Lipinski definition) is 2. The van der Waals surface area contributed by atoms with Crippen LogP contribution in [0.3, 0.4) is 0 Å². The standard InChI is InChI=1S/C18H18O2/c1-2-6-17-13-16(14-19)9-10-18(17)20-12-11-15-7-4-3-5-8-15/h2-5,7-10,13-14H,1,6,11-12H2. The molecular formula is C18H18O2. The van der Waals surface area contributed by atoms with Crippen molar-refractivity contribution in [1.29, 1.82) is 0 Å². The maximum Gasteiger partial charge on any atom is 0.150 e. The summed E-state index contributed by atoms with van der Waals surface area (Å²) < 4.78 is 5.83. The third-order valence-electron chi connectivity index (χ3n) is 3.08. The second-order valence-corrected chi connectivity index (χ2v) is 4.56. The van der Waals surface area contributed by atoms with Gasteiger partial charge in [-0.1, -0.05) is 36.4 Å². The predicted octanol–water partition coefficient (Wildman–Crippen LogP) is 3.85. The first-order chi connectivity index (χ1) is 9.83. The zero-order valence-corrected chi connectivity index (χ0v) is 11.4. The maximum atomic E-state index is 10.8. The predicted molar refractivity (Wildman–Crippen MR) is 81.4 cm³/mol. The molecule has 2 rings (SSSR count). The molecule has 0 N–H and O–H groups in total. The molecule has 0 aliphatic carbocycles. The highest BCUT2D eigenvalue weighted by atomic mass is 16.5. The second-order valence-electron chi connectivity index (χ2n) is 4.56. The van der Waals surface area contributed by atoms with Gasteiger partial charge in [0.25, 0.3) is 0 Å². The van der Waals surface area contributed by atoms with Crippen molar-refractivity contribution < 1.29 is 9.53 Å². The van der Waals surface area contributed by atoms with Crippen molar-refractivity contribution in [3.63, 3.8) is 0 Å². The summed E-state index contributed by atoms with van der Waals surface area (Å²) in [4.78, 5) is 10.8. The molecule has 0 heterocycles. The third kappa shape index (κ3) is 3.82. The van der Waals surface area contributed by atoms with Gasteiger partial charge in [0.1, 0.15) is 12.0 Å². The first-order valence-electron chi connectivity index (χ1n) is 6.69. The van der Waals surface area contributed by atoms with E-state index in [1.54, 1.807) is 6.07 Å². The molecular weight excluding hydrogens is 248 g/mol. The number of allylic oxidation sites excluding steroid dienone is 1. The number of aldehydes is 1. The van der Waals surface area contributed by atoms with Gasteiger partial charge in [0.15, 0.2) is 0 Å². The summed E-state index contributed by atoms with van der Waals surface area (Å²) in [6.07, 6.45) is 4.22. The van der Waals surface area contributed by atoms with E-state index in [1.165, 1.54) is 5.56 Å². The average Bonchev–Trinajstić information content (AvgIpc) is 2.50. The fourth-order valence-corrected chi connectivity index (χ4v) is 2.05. The lowest BCUT2D eigenvalue weighted by molar-refractivity contribution is 0.112. The van der Waals surface area contributed by atoms with E-state index < -0.39 is 0 Å². The van der Waals surface area contributed by atoms with Gasteiger partial charge in [-0.3, -0.25) is 4.79 Å². The zero-order valence-electron chi connectivity index (χ0n) is 11.4. The normalized spacial score (nSPS) is 10.0. The smallest absolute Gasteiger partial charge is 0.150 e. The lowest BCUT2D eigenvalue weighted by Crippen LogP contribution is -2.03. The van der Waals surface area contributed by atoms with Crippen LogP contribution >= 0.6 is 0 Å². The Balaban J connectivity index is 2.01. The summed E-state index contributed by atoms with van der Waals surface area (Å²) in [5, 5.41) is 0. The number of carbonyl (C=O) groups excluding carboxylic acids is 1. The fraction of sp³-hybridized carbons (Fsp3) is 0.167. The van der Waals surface area contributed by atoms with Crippen LogP contribution in [0, 0.1) is 0 Å². The second kappa shape index (κ2) is 7.29. The molecule has 20 heavy (non-hydrogen) atoms. The van der Waals surface area contributed by atoms with E-state index in [4.69, 9.17) is 4.74 Å². The molecule has 0 bridgehead atoms. The molecule has 2 nitrogen and oxygen atoms in total. The van der Waals surface area contributed by atoms with E-state index in [1.807, 2.05) is 36.4 Å². The van der Waals surface area contributed by atoms with Gasteiger partial charge in [-0.2, -0.15) is 0 Å². The Morgan fingerprint density at radius 1 is 1.10 bits per heavy atom. The Kier molecular flexibility index (Phi) is 5.13. The highest BCUT2D eigenvalue weighted by molar-refractivity contribution is 5.75. The Hall–Kier alpha value is -2.35. The van der Waals surface area contributed by atoms with Gasteiger partial charge < -0.3 is 4.74 Å². The van der Waals surface area contributed by atoms with Gasteiger partial charge in [-0.15, -0.1) is 6.58 Å². The van der Waals surface area contributed by atoms with Crippen molar-refractivity contribution in [2.75, 3.05) is 6.61 Å². The van der Waals surface area contributed by atoms with Crippen LogP contribution in [0.4, 0.5) is 0 Å². The average molecular weight is 266 g/mol. The molecule has 0 aromatic heterocycles. The number of ether oxygens (including phenoxy) is 1. The molecule has 0 radical (unpaired) electrons. The minimum Gasteiger partial charge on any atom is -0.493 e. The molecule has 0 saturated carbocycles. The lowest BCUT2D eigenvalue weighted by Gasteiger charge is -2.11. The van der Waals surface area contributed by atoms with E-state index in [0.29, 0.717) is 18.6 Å².